The molecule has 0 bridgehead atoms. The third kappa shape index (κ3) is 9.30. The van der Waals surface area contributed by atoms with Crippen LogP contribution in [0.4, 0.5) is 45.5 Å². The minimum Gasteiger partial charge on any atom is -0.354 e. The molecule has 10 nitrogen and oxygen atoms in total. The highest BCUT2D eigenvalue weighted by Crippen LogP contribution is 2.61. The van der Waals surface area contributed by atoms with E-state index in [0.717, 1.165) is 64.2 Å². The molecule has 4 amide bonds. The summed E-state index contributed by atoms with van der Waals surface area (Å²) in [4.78, 5) is 65.4. The van der Waals surface area contributed by atoms with Crippen LogP contribution in [-0.2, 0) is 0 Å². The number of nitrogens with one attached hydrogen (secondary N) is 4. The van der Waals surface area contributed by atoms with Crippen LogP contribution in [0.3, 0.4) is 0 Å². The van der Waals surface area contributed by atoms with Crippen molar-refractivity contribution in [2.75, 3.05) is 34.4 Å². The Morgan fingerprint density at radius 2 is 0.538 bits per heavy atom. The first-order valence-electron chi connectivity index (χ1n) is 27.2. The monoisotopic (exact) mass is 1110 g/mol. The molecule has 0 saturated carbocycles. The van der Waals surface area contributed by atoms with Gasteiger partial charge in [0.25, 0.3) is 23.6 Å². The van der Waals surface area contributed by atoms with Crippen molar-refractivity contribution in [2.45, 2.75) is 90.9 Å². The third-order valence-corrected chi connectivity index (χ3v) is 16.7. The zero-order valence-electron chi connectivity index (χ0n) is 43.5. The SMILES string of the molecule is CCCCCCCCN1C(=O)c2c(Nc3ccccc3)c(Cl)c3c4c(Cl)c(Nc5ccccc5)c5c6c(c(Nc7ccccc7)c(Cl)c(c7c(Cl)c(Nc8ccccc8)c(c2c37)C1=O)c64)C(=O)N(CCCCCCCC)C5=O. The summed E-state index contributed by atoms with van der Waals surface area (Å²) < 4.78 is 0. The summed E-state index contributed by atoms with van der Waals surface area (Å²) in [6.07, 6.45) is 11.3. The fraction of sp³-hybridized carbons (Fsp3) is 0.250. The highest BCUT2D eigenvalue weighted by atomic mass is 35.5. The lowest BCUT2D eigenvalue weighted by Gasteiger charge is -2.35. The second kappa shape index (κ2) is 22.7. The Kier molecular flexibility index (Phi) is 15.4. The van der Waals surface area contributed by atoms with Gasteiger partial charge < -0.3 is 21.3 Å². The molecule has 0 saturated heterocycles. The largest absolute Gasteiger partial charge is 0.354 e. The molecule has 0 spiro atoms. The molecule has 2 aliphatic rings. The van der Waals surface area contributed by atoms with E-state index in [1.165, 1.54) is 9.80 Å². The van der Waals surface area contributed by atoms with Gasteiger partial charge in [0, 0.05) is 78.9 Å². The topological polar surface area (TPSA) is 123 Å². The van der Waals surface area contributed by atoms with Crippen molar-refractivity contribution >= 4 is 159 Å². The third-order valence-electron chi connectivity index (χ3n) is 15.2. The number of hydrogen-bond acceptors (Lipinski definition) is 8. The smallest absolute Gasteiger partial charge is 0.263 e. The summed E-state index contributed by atoms with van der Waals surface area (Å²) in [6.45, 7) is 4.65. The fourth-order valence-corrected chi connectivity index (χ4v) is 12.9. The van der Waals surface area contributed by atoms with E-state index in [1.54, 1.807) is 0 Å². The molecule has 9 aromatic rings. The molecule has 4 N–H and O–H groups in total. The van der Waals surface area contributed by atoms with Gasteiger partial charge in [-0.2, -0.15) is 0 Å². The quantitative estimate of drug-likeness (QED) is 0.0229. The number of nitrogens with zero attached hydrogens (tertiary/aromatic N) is 2. The van der Waals surface area contributed by atoms with Crippen LogP contribution < -0.4 is 21.3 Å². The lowest BCUT2D eigenvalue weighted by molar-refractivity contribution is 0.0593. The van der Waals surface area contributed by atoms with Gasteiger partial charge in [-0.25, -0.2) is 0 Å². The zero-order chi connectivity index (χ0) is 54.2. The average molecular weight is 1120 g/mol. The number of amides is 4. The number of carbonyl (C=O) groups is 4. The number of benzene rings is 9. The van der Waals surface area contributed by atoms with Gasteiger partial charge in [-0.1, -0.05) is 197 Å². The summed E-state index contributed by atoms with van der Waals surface area (Å²) >= 11 is 32.1. The first-order valence-corrected chi connectivity index (χ1v) is 28.7. The van der Waals surface area contributed by atoms with Crippen LogP contribution in [-0.4, -0.2) is 46.5 Å². The van der Waals surface area contributed by atoms with Crippen LogP contribution in [0.1, 0.15) is 132 Å². The van der Waals surface area contributed by atoms with E-state index in [2.05, 4.69) is 35.1 Å². The van der Waals surface area contributed by atoms with Crippen molar-refractivity contribution in [3.05, 3.63) is 164 Å². The Balaban J connectivity index is 1.31. The minimum atomic E-state index is -0.528. The molecule has 14 heteroatoms. The maximum absolute atomic E-state index is 15.7. The Morgan fingerprint density at radius 1 is 0.308 bits per heavy atom. The number of anilines is 8. The van der Waals surface area contributed by atoms with Crippen LogP contribution in [0.2, 0.25) is 20.1 Å². The summed E-state index contributed by atoms with van der Waals surface area (Å²) in [5.41, 5.74) is 4.12. The van der Waals surface area contributed by atoms with Gasteiger partial charge in [0.1, 0.15) is 0 Å². The second-order valence-corrected chi connectivity index (χ2v) is 21.8. The molecule has 0 aliphatic carbocycles. The van der Waals surface area contributed by atoms with E-state index >= 15 is 19.2 Å². The van der Waals surface area contributed by atoms with E-state index in [1.807, 2.05) is 121 Å². The van der Waals surface area contributed by atoms with Gasteiger partial charge in [0.15, 0.2) is 0 Å². The molecule has 78 heavy (non-hydrogen) atoms. The Morgan fingerprint density at radius 3 is 0.782 bits per heavy atom. The summed E-state index contributed by atoms with van der Waals surface area (Å²) in [5.74, 6) is -2.11. The van der Waals surface area contributed by atoms with Crippen LogP contribution in [0.25, 0.3) is 43.1 Å². The van der Waals surface area contributed by atoms with Crippen molar-refractivity contribution in [3.8, 4) is 0 Å². The molecule has 2 aliphatic heterocycles. The molecule has 9 aromatic carbocycles. The standard InChI is InChI=1S/C64H58Cl4N6O4/c1-3-5-7-9-11-25-35-73-61(75)49-43-41-45(53(65)57(49)69-37-27-17-13-18-28-37)47-42-44-51(59(55(47)67)71-39-31-21-15-22-32-39)63(77)74(36-26-12-10-8-6-4-2)64(78)52(44)60(72-40-33-23-16-24-34-40)56(68)48(42)46(41)54(66)58(50(43)62(73)76)70-38-29-19-14-20-30-38/h13-24,27-34,69-72H,3-12,25-26,35-36H2,1-2H3. The summed E-state index contributed by atoms with van der Waals surface area (Å²) in [7, 11) is 0. The maximum Gasteiger partial charge on any atom is 0.263 e. The Labute approximate surface area is 473 Å². The van der Waals surface area contributed by atoms with Gasteiger partial charge >= 0.3 is 0 Å². The Hall–Kier alpha value is -7.08. The molecule has 0 unspecified atom stereocenters. The van der Waals surface area contributed by atoms with E-state index in [9.17, 15) is 0 Å². The molecule has 11 rings (SSSR count). The first-order chi connectivity index (χ1) is 38.0. The van der Waals surface area contributed by atoms with Crippen LogP contribution in [0, 0.1) is 0 Å². The van der Waals surface area contributed by atoms with Gasteiger partial charge in [0.05, 0.1) is 65.1 Å². The lowest BCUT2D eigenvalue weighted by atomic mass is 9.79. The first kappa shape index (κ1) is 52.9. The van der Waals surface area contributed by atoms with Crippen LogP contribution in [0.5, 0.6) is 0 Å². The van der Waals surface area contributed by atoms with Crippen molar-refractivity contribution in [3.63, 3.8) is 0 Å². The predicted molar refractivity (Wildman–Crippen MR) is 324 cm³/mol. The summed E-state index contributed by atoms with van der Waals surface area (Å²) in [6, 6.07) is 37.5. The minimum absolute atomic E-state index is 0.103. The molecule has 0 radical (unpaired) electrons. The number of unbranched alkanes of at least 4 members (excludes halogenated alkanes) is 10. The molecule has 0 fully saturated rings. The van der Waals surface area contributed by atoms with Crippen molar-refractivity contribution in [1.29, 1.82) is 0 Å². The number of hydrogen-bond donors (Lipinski definition) is 4. The normalized spacial score (nSPS) is 13.3. The molecule has 396 valence electrons. The molecule has 0 atom stereocenters. The second-order valence-electron chi connectivity index (χ2n) is 20.3. The van der Waals surface area contributed by atoms with E-state index < -0.39 is 23.6 Å². The lowest BCUT2D eigenvalue weighted by Crippen LogP contribution is -2.42. The number of rotatable bonds is 22. The highest BCUT2D eigenvalue weighted by molar-refractivity contribution is 6.59. The number of carbonyl (C=O) groups excluding carboxylic acids is 4. The molecular formula is C64H58Cl4N6O4. The van der Waals surface area contributed by atoms with Gasteiger partial charge in [0.2, 0.25) is 0 Å². The van der Waals surface area contributed by atoms with E-state index in [0.29, 0.717) is 78.7 Å². The van der Waals surface area contributed by atoms with E-state index in [-0.39, 0.29) is 78.2 Å². The van der Waals surface area contributed by atoms with Crippen LogP contribution >= 0.6 is 46.4 Å². The van der Waals surface area contributed by atoms with E-state index in [4.69, 9.17) is 46.4 Å². The predicted octanol–water partition coefficient (Wildman–Crippen LogP) is 19.2. The number of fused-ring (bicyclic) bond motifs is 2. The fourth-order valence-electron chi connectivity index (χ4n) is 11.5. The zero-order valence-corrected chi connectivity index (χ0v) is 46.5. The van der Waals surface area contributed by atoms with Crippen molar-refractivity contribution < 1.29 is 19.2 Å². The number of imide groups is 2. The molecular weight excluding hydrogens is 1060 g/mol. The van der Waals surface area contributed by atoms with Gasteiger partial charge in [-0.05, 0) is 61.4 Å². The maximum atomic E-state index is 15.7. The Bertz CT molecular complexity index is 3330. The average Bonchev–Trinajstić information content (AvgIpc) is 3.64. The number of para-hydroxylation sites is 4. The van der Waals surface area contributed by atoms with Crippen molar-refractivity contribution in [1.82, 2.24) is 9.80 Å². The molecule has 0 aromatic heterocycles. The van der Waals surface area contributed by atoms with Gasteiger partial charge in [-0.15, -0.1) is 0 Å². The highest BCUT2D eigenvalue weighted by Gasteiger charge is 2.45. The van der Waals surface area contributed by atoms with Gasteiger partial charge in [-0.3, -0.25) is 29.0 Å². The summed E-state index contributed by atoms with van der Waals surface area (Å²) in [5, 5.41) is 17.2. The molecule has 2 heterocycles. The number of halogens is 4. The van der Waals surface area contributed by atoms with Crippen molar-refractivity contribution in [2.24, 2.45) is 0 Å². The van der Waals surface area contributed by atoms with Crippen LogP contribution in [0.15, 0.2) is 121 Å².